The third-order valence-electron chi connectivity index (χ3n) is 4.47. The van der Waals surface area contributed by atoms with Crippen LogP contribution in [0.3, 0.4) is 0 Å². The fourth-order valence-electron chi connectivity index (χ4n) is 3.35. The summed E-state index contributed by atoms with van der Waals surface area (Å²) in [7, 11) is 1.35. The van der Waals surface area contributed by atoms with Gasteiger partial charge < -0.3 is 4.74 Å². The molecule has 0 bridgehead atoms. The number of carbonyl (C=O) groups is 2. The summed E-state index contributed by atoms with van der Waals surface area (Å²) >= 11 is 0. The first-order valence-corrected chi connectivity index (χ1v) is 7.33. The largest absolute Gasteiger partial charge is 0.468 e. The highest BCUT2D eigenvalue weighted by molar-refractivity contribution is 6.04. The number of hydrogen-bond donors (Lipinski definition) is 0. The maximum absolute atomic E-state index is 13.0. The number of hydrogen-bond acceptors (Lipinski definition) is 3. The Bertz CT molecular complexity index is 472. The summed E-state index contributed by atoms with van der Waals surface area (Å²) in [5, 5.41) is 0. The molecule has 0 spiro atoms. The van der Waals surface area contributed by atoms with E-state index < -0.39 is 17.3 Å². The van der Waals surface area contributed by atoms with Gasteiger partial charge in [-0.1, -0.05) is 50.1 Å². The van der Waals surface area contributed by atoms with Crippen molar-refractivity contribution in [1.29, 1.82) is 0 Å². The van der Waals surface area contributed by atoms with Crippen LogP contribution in [0, 0.1) is 5.92 Å². The molecule has 108 valence electrons. The number of ether oxygens (including phenoxy) is 1. The lowest BCUT2D eigenvalue weighted by Gasteiger charge is -2.31. The van der Waals surface area contributed by atoms with Crippen LogP contribution in [-0.2, 0) is 19.7 Å². The number of rotatable bonds is 5. The molecule has 1 atom stereocenters. The second-order valence-electron chi connectivity index (χ2n) is 5.50. The summed E-state index contributed by atoms with van der Waals surface area (Å²) < 4.78 is 4.81. The van der Waals surface area contributed by atoms with E-state index >= 15 is 0 Å². The standard InChI is InChI=1S/C17H22O3/c1-3-14(16(19)20-2)15(18)17(11-7-8-12-17)13-9-5-4-6-10-13/h4-6,9-10,14H,3,7-8,11-12H2,1-2H3. The molecule has 20 heavy (non-hydrogen) atoms. The maximum atomic E-state index is 13.0. The Morgan fingerprint density at radius 2 is 1.80 bits per heavy atom. The van der Waals surface area contributed by atoms with Crippen LogP contribution >= 0.6 is 0 Å². The van der Waals surface area contributed by atoms with Crippen molar-refractivity contribution in [3.63, 3.8) is 0 Å². The lowest BCUT2D eigenvalue weighted by molar-refractivity contribution is -0.151. The summed E-state index contributed by atoms with van der Waals surface area (Å²) in [5.41, 5.74) is 0.556. The van der Waals surface area contributed by atoms with Gasteiger partial charge in [-0.2, -0.15) is 0 Å². The third kappa shape index (κ3) is 2.49. The number of ketones is 1. The number of carbonyl (C=O) groups excluding carboxylic acids is 2. The minimum absolute atomic E-state index is 0.0375. The monoisotopic (exact) mass is 274 g/mol. The van der Waals surface area contributed by atoms with E-state index in [1.165, 1.54) is 7.11 Å². The fourth-order valence-corrected chi connectivity index (χ4v) is 3.35. The summed E-state index contributed by atoms with van der Waals surface area (Å²) in [6, 6.07) is 9.89. The Labute approximate surface area is 120 Å². The van der Waals surface area contributed by atoms with Crippen molar-refractivity contribution in [2.24, 2.45) is 5.92 Å². The molecule has 0 amide bonds. The molecule has 1 aliphatic rings. The lowest BCUT2D eigenvalue weighted by Crippen LogP contribution is -2.41. The summed E-state index contributed by atoms with van der Waals surface area (Å²) in [6.45, 7) is 1.87. The van der Waals surface area contributed by atoms with Crippen LogP contribution < -0.4 is 0 Å². The predicted octanol–water partition coefficient (Wildman–Crippen LogP) is 3.27. The molecule has 0 saturated heterocycles. The van der Waals surface area contributed by atoms with Gasteiger partial charge in [-0.15, -0.1) is 0 Å². The Hall–Kier alpha value is -1.64. The summed E-state index contributed by atoms with van der Waals surface area (Å²) in [6.07, 6.45) is 4.25. The molecule has 1 aromatic carbocycles. The van der Waals surface area contributed by atoms with Crippen molar-refractivity contribution >= 4 is 11.8 Å². The Morgan fingerprint density at radius 1 is 1.20 bits per heavy atom. The second-order valence-corrected chi connectivity index (χ2v) is 5.50. The SMILES string of the molecule is CCC(C(=O)OC)C(=O)C1(c2ccccc2)CCCC1. The molecule has 1 saturated carbocycles. The molecule has 1 aromatic rings. The van der Waals surface area contributed by atoms with Crippen molar-refractivity contribution in [3.8, 4) is 0 Å². The normalized spacial score (nSPS) is 18.5. The lowest BCUT2D eigenvalue weighted by atomic mass is 9.71. The Balaban J connectivity index is 2.38. The summed E-state index contributed by atoms with van der Waals surface area (Å²) in [4.78, 5) is 24.9. The molecule has 0 N–H and O–H groups in total. The molecule has 2 rings (SSSR count). The molecule has 1 unspecified atom stereocenters. The van der Waals surface area contributed by atoms with E-state index in [-0.39, 0.29) is 5.78 Å². The van der Waals surface area contributed by atoms with Gasteiger partial charge in [0.05, 0.1) is 12.5 Å². The van der Waals surface area contributed by atoms with Crippen molar-refractivity contribution in [2.45, 2.75) is 44.4 Å². The molecule has 0 heterocycles. The molecule has 0 aliphatic heterocycles. The third-order valence-corrected chi connectivity index (χ3v) is 4.47. The zero-order valence-corrected chi connectivity index (χ0v) is 12.2. The number of Topliss-reactive ketones (excluding diaryl/α,β-unsaturated/α-hetero) is 1. The highest BCUT2D eigenvalue weighted by Crippen LogP contribution is 2.44. The van der Waals surface area contributed by atoms with Gasteiger partial charge in [-0.3, -0.25) is 9.59 Å². The van der Waals surface area contributed by atoms with Crippen LogP contribution in [0.1, 0.15) is 44.6 Å². The smallest absolute Gasteiger partial charge is 0.316 e. The molecule has 3 heteroatoms. The van der Waals surface area contributed by atoms with E-state index in [1.54, 1.807) is 0 Å². The zero-order valence-electron chi connectivity index (χ0n) is 12.2. The molecule has 1 fully saturated rings. The minimum Gasteiger partial charge on any atom is -0.468 e. The van der Waals surface area contributed by atoms with Gasteiger partial charge in [0, 0.05) is 0 Å². The van der Waals surface area contributed by atoms with E-state index in [9.17, 15) is 9.59 Å². The molecular weight excluding hydrogens is 252 g/mol. The first kappa shape index (κ1) is 14.8. The Morgan fingerprint density at radius 3 is 2.30 bits per heavy atom. The highest BCUT2D eigenvalue weighted by Gasteiger charge is 2.46. The number of methoxy groups -OCH3 is 1. The van der Waals surface area contributed by atoms with Gasteiger partial charge in [-0.05, 0) is 24.8 Å². The first-order valence-electron chi connectivity index (χ1n) is 7.33. The number of benzene rings is 1. The molecule has 3 nitrogen and oxygen atoms in total. The molecular formula is C17H22O3. The number of esters is 1. The van der Waals surface area contributed by atoms with Crippen molar-refractivity contribution in [1.82, 2.24) is 0 Å². The zero-order chi connectivity index (χ0) is 14.6. The van der Waals surface area contributed by atoms with E-state index in [2.05, 4.69) is 0 Å². The molecule has 1 aliphatic carbocycles. The topological polar surface area (TPSA) is 43.4 Å². The van der Waals surface area contributed by atoms with Gasteiger partial charge in [0.2, 0.25) is 0 Å². The summed E-state index contributed by atoms with van der Waals surface area (Å²) in [5.74, 6) is -1.01. The molecule has 0 aromatic heterocycles. The van der Waals surface area contributed by atoms with Gasteiger partial charge >= 0.3 is 5.97 Å². The predicted molar refractivity (Wildman–Crippen MR) is 77.4 cm³/mol. The van der Waals surface area contributed by atoms with Crippen LogP contribution in [0.25, 0.3) is 0 Å². The van der Waals surface area contributed by atoms with E-state index in [4.69, 9.17) is 4.74 Å². The Kier molecular flexibility index (Phi) is 4.58. The average molecular weight is 274 g/mol. The van der Waals surface area contributed by atoms with Crippen LogP contribution in [0.15, 0.2) is 30.3 Å². The highest BCUT2D eigenvalue weighted by atomic mass is 16.5. The van der Waals surface area contributed by atoms with E-state index in [0.29, 0.717) is 6.42 Å². The van der Waals surface area contributed by atoms with Crippen LogP contribution in [-0.4, -0.2) is 18.9 Å². The van der Waals surface area contributed by atoms with Gasteiger partial charge in [-0.25, -0.2) is 0 Å². The molecule has 0 radical (unpaired) electrons. The van der Waals surface area contributed by atoms with Gasteiger partial charge in [0.15, 0.2) is 5.78 Å². The van der Waals surface area contributed by atoms with Crippen LogP contribution in [0.4, 0.5) is 0 Å². The minimum atomic E-state index is -0.640. The second kappa shape index (κ2) is 6.21. The van der Waals surface area contributed by atoms with Gasteiger partial charge in [0.1, 0.15) is 5.92 Å². The van der Waals surface area contributed by atoms with E-state index in [1.807, 2.05) is 37.3 Å². The maximum Gasteiger partial charge on any atom is 0.316 e. The van der Waals surface area contributed by atoms with E-state index in [0.717, 1.165) is 31.2 Å². The average Bonchev–Trinajstić information content (AvgIpc) is 2.99. The van der Waals surface area contributed by atoms with Crippen molar-refractivity contribution in [3.05, 3.63) is 35.9 Å². The first-order chi connectivity index (χ1) is 9.65. The van der Waals surface area contributed by atoms with Crippen LogP contribution in [0.2, 0.25) is 0 Å². The van der Waals surface area contributed by atoms with Crippen LogP contribution in [0.5, 0.6) is 0 Å². The van der Waals surface area contributed by atoms with Crippen molar-refractivity contribution in [2.75, 3.05) is 7.11 Å². The quantitative estimate of drug-likeness (QED) is 0.611. The fraction of sp³-hybridized carbons (Fsp3) is 0.529. The van der Waals surface area contributed by atoms with Gasteiger partial charge in [0.25, 0.3) is 0 Å². The van der Waals surface area contributed by atoms with Crippen molar-refractivity contribution < 1.29 is 14.3 Å².